The van der Waals surface area contributed by atoms with Gasteiger partial charge in [-0.3, -0.25) is 4.79 Å². The lowest BCUT2D eigenvalue weighted by molar-refractivity contribution is 0.0780. The summed E-state index contributed by atoms with van der Waals surface area (Å²) >= 11 is 0. The van der Waals surface area contributed by atoms with E-state index in [1.807, 2.05) is 24.3 Å². The Kier molecular flexibility index (Phi) is 4.33. The van der Waals surface area contributed by atoms with Crippen LogP contribution in [0.5, 0.6) is 0 Å². The van der Waals surface area contributed by atoms with Crippen molar-refractivity contribution in [1.29, 1.82) is 0 Å². The Balaban J connectivity index is 1.98. The second kappa shape index (κ2) is 5.98. The number of methoxy groups -OCH3 is 1. The molecule has 4 heteroatoms. The molecule has 2 rings (SSSR count). The molecule has 1 amide bonds. The molecule has 98 valence electrons. The van der Waals surface area contributed by atoms with Crippen LogP contribution in [0.2, 0.25) is 0 Å². The molecule has 1 heterocycles. The molecule has 0 saturated carbocycles. The summed E-state index contributed by atoms with van der Waals surface area (Å²) < 4.78 is 5.32. The SMILES string of the molecule is CCc1ccc(C(=O)NC2CNC[C@@H]2OC)cc1. The van der Waals surface area contributed by atoms with Crippen molar-refractivity contribution in [3.63, 3.8) is 0 Å². The highest BCUT2D eigenvalue weighted by Crippen LogP contribution is 2.08. The van der Waals surface area contributed by atoms with Gasteiger partial charge in [0.25, 0.3) is 5.91 Å². The van der Waals surface area contributed by atoms with Crippen LogP contribution in [0.25, 0.3) is 0 Å². The molecule has 0 aliphatic carbocycles. The molecular weight excluding hydrogens is 228 g/mol. The second-order valence-electron chi connectivity index (χ2n) is 4.56. The van der Waals surface area contributed by atoms with Crippen molar-refractivity contribution in [2.75, 3.05) is 20.2 Å². The summed E-state index contributed by atoms with van der Waals surface area (Å²) in [6.45, 7) is 3.65. The summed E-state index contributed by atoms with van der Waals surface area (Å²) in [6.07, 6.45) is 1.05. The largest absolute Gasteiger partial charge is 0.378 e. The molecule has 1 aromatic rings. The number of ether oxygens (including phenoxy) is 1. The first-order chi connectivity index (χ1) is 8.74. The van der Waals surface area contributed by atoms with Crippen molar-refractivity contribution in [3.8, 4) is 0 Å². The fourth-order valence-corrected chi connectivity index (χ4v) is 2.19. The number of amides is 1. The van der Waals surface area contributed by atoms with E-state index in [1.54, 1.807) is 7.11 Å². The quantitative estimate of drug-likeness (QED) is 0.834. The Bertz CT molecular complexity index is 403. The molecule has 1 aromatic carbocycles. The zero-order chi connectivity index (χ0) is 13.0. The molecule has 4 nitrogen and oxygen atoms in total. The molecule has 0 aromatic heterocycles. The van der Waals surface area contributed by atoms with Gasteiger partial charge >= 0.3 is 0 Å². The van der Waals surface area contributed by atoms with E-state index in [4.69, 9.17) is 4.74 Å². The third-order valence-electron chi connectivity index (χ3n) is 3.40. The summed E-state index contributed by atoms with van der Waals surface area (Å²) in [6, 6.07) is 7.79. The zero-order valence-electron chi connectivity index (χ0n) is 10.9. The normalized spacial score (nSPS) is 23.0. The minimum Gasteiger partial charge on any atom is -0.378 e. The number of aryl methyl sites for hydroxylation is 1. The predicted octanol–water partition coefficient (Wildman–Crippen LogP) is 0.966. The van der Waals surface area contributed by atoms with E-state index >= 15 is 0 Å². The predicted molar refractivity (Wildman–Crippen MR) is 70.7 cm³/mol. The smallest absolute Gasteiger partial charge is 0.251 e. The molecule has 0 spiro atoms. The van der Waals surface area contributed by atoms with E-state index < -0.39 is 0 Å². The zero-order valence-corrected chi connectivity index (χ0v) is 10.9. The molecule has 18 heavy (non-hydrogen) atoms. The molecule has 2 atom stereocenters. The average Bonchev–Trinajstić information content (AvgIpc) is 2.86. The Morgan fingerprint density at radius 3 is 2.72 bits per heavy atom. The van der Waals surface area contributed by atoms with Crippen LogP contribution in [-0.2, 0) is 11.2 Å². The highest BCUT2D eigenvalue weighted by Gasteiger charge is 2.28. The van der Waals surface area contributed by atoms with Crippen molar-refractivity contribution < 1.29 is 9.53 Å². The molecule has 1 fully saturated rings. The van der Waals surface area contributed by atoms with Crippen molar-refractivity contribution >= 4 is 5.91 Å². The number of carbonyl (C=O) groups excluding carboxylic acids is 1. The monoisotopic (exact) mass is 248 g/mol. The van der Waals surface area contributed by atoms with Crippen LogP contribution in [0.15, 0.2) is 24.3 Å². The van der Waals surface area contributed by atoms with Crippen molar-refractivity contribution in [3.05, 3.63) is 35.4 Å². The minimum absolute atomic E-state index is 0.0339. The molecule has 2 N–H and O–H groups in total. The number of hydrogen-bond donors (Lipinski definition) is 2. The Morgan fingerprint density at radius 1 is 1.39 bits per heavy atom. The van der Waals surface area contributed by atoms with Gasteiger partial charge in [0.1, 0.15) is 0 Å². The highest BCUT2D eigenvalue weighted by molar-refractivity contribution is 5.94. The van der Waals surface area contributed by atoms with Crippen LogP contribution in [0.1, 0.15) is 22.8 Å². The van der Waals surface area contributed by atoms with E-state index in [9.17, 15) is 4.79 Å². The maximum atomic E-state index is 12.1. The number of rotatable bonds is 4. The molecule has 1 aliphatic heterocycles. The van der Waals surface area contributed by atoms with Crippen LogP contribution in [0.3, 0.4) is 0 Å². The van der Waals surface area contributed by atoms with Crippen molar-refractivity contribution in [2.24, 2.45) is 0 Å². The highest BCUT2D eigenvalue weighted by atomic mass is 16.5. The van der Waals surface area contributed by atoms with Crippen LogP contribution >= 0.6 is 0 Å². The number of nitrogens with one attached hydrogen (secondary N) is 2. The lowest BCUT2D eigenvalue weighted by Gasteiger charge is -2.18. The molecule has 1 unspecified atom stereocenters. The number of carbonyl (C=O) groups is 1. The van der Waals surface area contributed by atoms with Gasteiger partial charge in [0.2, 0.25) is 0 Å². The van der Waals surface area contributed by atoms with Gasteiger partial charge in [-0.2, -0.15) is 0 Å². The topological polar surface area (TPSA) is 50.4 Å². The van der Waals surface area contributed by atoms with Gasteiger partial charge in [-0.15, -0.1) is 0 Å². The van der Waals surface area contributed by atoms with E-state index in [2.05, 4.69) is 17.6 Å². The van der Waals surface area contributed by atoms with Crippen LogP contribution in [-0.4, -0.2) is 38.3 Å². The van der Waals surface area contributed by atoms with Gasteiger partial charge in [-0.1, -0.05) is 19.1 Å². The first-order valence-corrected chi connectivity index (χ1v) is 6.38. The molecule has 1 aliphatic rings. The van der Waals surface area contributed by atoms with E-state index in [-0.39, 0.29) is 18.1 Å². The third kappa shape index (κ3) is 2.89. The summed E-state index contributed by atoms with van der Waals surface area (Å²) in [5.41, 5.74) is 1.94. The standard InChI is InChI=1S/C14H20N2O2/c1-3-10-4-6-11(7-5-10)14(17)16-12-8-15-9-13(12)18-2/h4-7,12-13,15H,3,8-9H2,1-2H3,(H,16,17)/t12?,13-/m0/s1. The Labute approximate surface area is 108 Å². The fourth-order valence-electron chi connectivity index (χ4n) is 2.19. The molecule has 0 radical (unpaired) electrons. The third-order valence-corrected chi connectivity index (χ3v) is 3.40. The summed E-state index contributed by atoms with van der Waals surface area (Å²) in [7, 11) is 1.67. The van der Waals surface area contributed by atoms with Crippen LogP contribution in [0, 0.1) is 0 Å². The Hall–Kier alpha value is -1.39. The first kappa shape index (κ1) is 13.1. The van der Waals surface area contributed by atoms with E-state index in [0.29, 0.717) is 5.56 Å². The molecule has 0 bridgehead atoms. The summed E-state index contributed by atoms with van der Waals surface area (Å²) in [4.78, 5) is 12.1. The molecular formula is C14H20N2O2. The van der Waals surface area contributed by atoms with Crippen LogP contribution < -0.4 is 10.6 Å². The van der Waals surface area contributed by atoms with E-state index in [1.165, 1.54) is 5.56 Å². The maximum Gasteiger partial charge on any atom is 0.251 e. The van der Waals surface area contributed by atoms with Crippen LogP contribution in [0.4, 0.5) is 0 Å². The van der Waals surface area contributed by atoms with Gasteiger partial charge in [0.15, 0.2) is 0 Å². The van der Waals surface area contributed by atoms with Crippen molar-refractivity contribution in [1.82, 2.24) is 10.6 Å². The van der Waals surface area contributed by atoms with Crippen molar-refractivity contribution in [2.45, 2.75) is 25.5 Å². The molecule has 1 saturated heterocycles. The summed E-state index contributed by atoms with van der Waals surface area (Å²) in [5.74, 6) is -0.0339. The van der Waals surface area contributed by atoms with Gasteiger partial charge in [0.05, 0.1) is 12.1 Å². The fraction of sp³-hybridized carbons (Fsp3) is 0.500. The summed E-state index contributed by atoms with van der Waals surface area (Å²) in [5, 5.41) is 6.22. The Morgan fingerprint density at radius 2 is 2.11 bits per heavy atom. The average molecular weight is 248 g/mol. The number of benzene rings is 1. The second-order valence-corrected chi connectivity index (χ2v) is 4.56. The van der Waals surface area contributed by atoms with Gasteiger partial charge in [-0.05, 0) is 24.1 Å². The van der Waals surface area contributed by atoms with Gasteiger partial charge in [0, 0.05) is 25.8 Å². The van der Waals surface area contributed by atoms with Gasteiger partial charge in [-0.25, -0.2) is 0 Å². The van der Waals surface area contributed by atoms with E-state index in [0.717, 1.165) is 19.5 Å². The van der Waals surface area contributed by atoms with Gasteiger partial charge < -0.3 is 15.4 Å². The number of hydrogen-bond acceptors (Lipinski definition) is 3. The lowest BCUT2D eigenvalue weighted by atomic mass is 10.1. The first-order valence-electron chi connectivity index (χ1n) is 6.38. The lowest BCUT2D eigenvalue weighted by Crippen LogP contribution is -2.43. The maximum absolute atomic E-state index is 12.1. The minimum atomic E-state index is -0.0339.